The molecule has 0 unspecified atom stereocenters. The second-order valence-electron chi connectivity index (χ2n) is 6.12. The molecule has 0 spiro atoms. The van der Waals surface area contributed by atoms with Gasteiger partial charge in [0.2, 0.25) is 5.91 Å². The van der Waals surface area contributed by atoms with E-state index in [0.717, 1.165) is 23.2 Å². The lowest BCUT2D eigenvalue weighted by Gasteiger charge is -2.35. The number of amides is 2. The van der Waals surface area contributed by atoms with E-state index >= 15 is 0 Å². The number of ether oxygens (including phenoxy) is 2. The Balaban J connectivity index is 1.54. The van der Waals surface area contributed by atoms with Gasteiger partial charge >= 0.3 is 0 Å². The molecule has 2 aliphatic heterocycles. The summed E-state index contributed by atoms with van der Waals surface area (Å²) >= 11 is 4.72. The number of likely N-dealkylation sites (N-methyl/N-ethyl adjacent to an activating group) is 1. The molecule has 0 bridgehead atoms. The first-order valence-corrected chi connectivity index (χ1v) is 9.67. The topological polar surface area (TPSA) is 59.1 Å². The van der Waals surface area contributed by atoms with Crippen LogP contribution in [0.15, 0.2) is 15.9 Å². The van der Waals surface area contributed by atoms with Gasteiger partial charge in [-0.05, 0) is 40.9 Å². The highest BCUT2D eigenvalue weighted by Crippen LogP contribution is 2.25. The number of nitrogens with zero attached hydrogens (tertiary/aromatic N) is 2. The van der Waals surface area contributed by atoms with Gasteiger partial charge in [0.1, 0.15) is 0 Å². The third kappa shape index (κ3) is 4.17. The zero-order valence-electron chi connectivity index (χ0n) is 13.6. The van der Waals surface area contributed by atoms with E-state index in [2.05, 4.69) is 15.9 Å². The Morgan fingerprint density at radius 2 is 2.12 bits per heavy atom. The van der Waals surface area contributed by atoms with E-state index in [1.54, 1.807) is 13.1 Å². The number of hydrogen-bond donors (Lipinski definition) is 0. The molecule has 0 radical (unpaired) electrons. The van der Waals surface area contributed by atoms with Crippen LogP contribution >= 0.6 is 27.3 Å². The fourth-order valence-corrected chi connectivity index (χ4v) is 4.48. The van der Waals surface area contributed by atoms with Crippen molar-refractivity contribution in [2.45, 2.75) is 19.1 Å². The summed E-state index contributed by atoms with van der Waals surface area (Å²) in [6.07, 6.45) is 1.75. The number of carbonyl (C=O) groups excluding carboxylic acids is 2. The quantitative estimate of drug-likeness (QED) is 0.754. The summed E-state index contributed by atoms with van der Waals surface area (Å²) in [5.74, 6) is 0.0682. The van der Waals surface area contributed by atoms with Gasteiger partial charge in [0.05, 0.1) is 28.4 Å². The van der Waals surface area contributed by atoms with E-state index < -0.39 is 0 Å². The molecule has 0 aromatic carbocycles. The Hall–Kier alpha value is -0.960. The van der Waals surface area contributed by atoms with Gasteiger partial charge in [-0.2, -0.15) is 0 Å². The minimum Gasteiger partial charge on any atom is -0.350 e. The number of halogens is 1. The van der Waals surface area contributed by atoms with Crippen LogP contribution in [0.3, 0.4) is 0 Å². The van der Waals surface area contributed by atoms with Crippen molar-refractivity contribution >= 4 is 39.1 Å². The Bertz CT molecular complexity index is 603. The summed E-state index contributed by atoms with van der Waals surface area (Å²) in [6, 6.07) is 3.61. The van der Waals surface area contributed by atoms with Gasteiger partial charge in [-0.3, -0.25) is 9.59 Å². The molecule has 24 heavy (non-hydrogen) atoms. The van der Waals surface area contributed by atoms with E-state index in [4.69, 9.17) is 9.47 Å². The van der Waals surface area contributed by atoms with Gasteiger partial charge in [-0.15, -0.1) is 11.3 Å². The first kappa shape index (κ1) is 17.8. The molecule has 1 aromatic rings. The summed E-state index contributed by atoms with van der Waals surface area (Å²) in [7, 11) is 1.67. The standard InChI is InChI=1S/C16H21BrN2O4S/c1-18(15(21)12-4-5-13(17)24-12)10-14(20)19-6-2-3-11(9-19)16-22-7-8-23-16/h4-5,11,16H,2-3,6-10H2,1H3/t11-/m1/s1. The van der Waals surface area contributed by atoms with E-state index in [1.807, 2.05) is 11.0 Å². The van der Waals surface area contributed by atoms with E-state index in [9.17, 15) is 9.59 Å². The Labute approximate surface area is 153 Å². The lowest BCUT2D eigenvalue weighted by atomic mass is 9.97. The van der Waals surface area contributed by atoms with Crippen molar-refractivity contribution < 1.29 is 19.1 Å². The zero-order valence-corrected chi connectivity index (χ0v) is 16.0. The highest BCUT2D eigenvalue weighted by molar-refractivity contribution is 9.11. The van der Waals surface area contributed by atoms with Crippen LogP contribution in [0.25, 0.3) is 0 Å². The summed E-state index contributed by atoms with van der Waals surface area (Å²) in [5.41, 5.74) is 0. The maximum Gasteiger partial charge on any atom is 0.264 e. The van der Waals surface area contributed by atoms with Crippen LogP contribution in [0.4, 0.5) is 0 Å². The molecule has 2 aliphatic rings. The van der Waals surface area contributed by atoms with Crippen LogP contribution in [0, 0.1) is 5.92 Å². The number of hydrogen-bond acceptors (Lipinski definition) is 5. The fraction of sp³-hybridized carbons (Fsp3) is 0.625. The molecular formula is C16H21BrN2O4S. The third-order valence-electron chi connectivity index (χ3n) is 4.35. The Kier molecular flexibility index (Phi) is 5.91. The molecule has 2 amide bonds. The Morgan fingerprint density at radius 3 is 2.79 bits per heavy atom. The Morgan fingerprint density at radius 1 is 1.38 bits per heavy atom. The van der Waals surface area contributed by atoms with Crippen molar-refractivity contribution in [2.24, 2.45) is 5.92 Å². The van der Waals surface area contributed by atoms with Crippen LogP contribution < -0.4 is 0 Å². The number of piperidine rings is 1. The summed E-state index contributed by atoms with van der Waals surface area (Å²) in [4.78, 5) is 28.8. The molecule has 3 heterocycles. The summed E-state index contributed by atoms with van der Waals surface area (Å²) in [5, 5.41) is 0. The van der Waals surface area contributed by atoms with Crippen molar-refractivity contribution in [1.29, 1.82) is 0 Å². The number of likely N-dealkylation sites (tertiary alicyclic amines) is 1. The molecule has 1 atom stereocenters. The fourth-order valence-electron chi connectivity index (χ4n) is 3.10. The first-order valence-electron chi connectivity index (χ1n) is 8.06. The maximum atomic E-state index is 12.6. The second-order valence-corrected chi connectivity index (χ2v) is 8.58. The molecule has 132 valence electrons. The minimum absolute atomic E-state index is 0.0239. The third-order valence-corrected chi connectivity index (χ3v) is 5.96. The molecule has 8 heteroatoms. The van der Waals surface area contributed by atoms with Gasteiger partial charge in [0, 0.05) is 26.1 Å². The lowest BCUT2D eigenvalue weighted by Crippen LogP contribution is -2.47. The monoisotopic (exact) mass is 416 g/mol. The van der Waals surface area contributed by atoms with Crippen LogP contribution in [0.2, 0.25) is 0 Å². The largest absolute Gasteiger partial charge is 0.350 e. The average molecular weight is 417 g/mol. The van der Waals surface area contributed by atoms with Crippen molar-refractivity contribution in [3.63, 3.8) is 0 Å². The number of rotatable bonds is 4. The number of carbonyl (C=O) groups is 2. The maximum absolute atomic E-state index is 12.6. The predicted octanol–water partition coefficient (Wildman–Crippen LogP) is 2.19. The van der Waals surface area contributed by atoms with Crippen LogP contribution in [-0.2, 0) is 14.3 Å². The molecule has 6 nitrogen and oxygen atoms in total. The number of thiophene rings is 1. The van der Waals surface area contributed by atoms with Gasteiger partial charge < -0.3 is 19.3 Å². The van der Waals surface area contributed by atoms with E-state index in [1.165, 1.54) is 16.2 Å². The zero-order chi connectivity index (χ0) is 17.1. The second kappa shape index (κ2) is 7.95. The molecule has 0 N–H and O–H groups in total. The van der Waals surface area contributed by atoms with Crippen molar-refractivity contribution in [3.05, 3.63) is 20.8 Å². The van der Waals surface area contributed by atoms with E-state index in [0.29, 0.717) is 24.6 Å². The molecule has 2 saturated heterocycles. The van der Waals surface area contributed by atoms with Crippen LogP contribution in [-0.4, -0.2) is 67.8 Å². The van der Waals surface area contributed by atoms with Gasteiger partial charge in [0.25, 0.3) is 5.91 Å². The van der Waals surface area contributed by atoms with Crippen LogP contribution in [0.5, 0.6) is 0 Å². The lowest BCUT2D eigenvalue weighted by molar-refractivity contribution is -0.139. The molecular weight excluding hydrogens is 396 g/mol. The molecule has 0 aliphatic carbocycles. The minimum atomic E-state index is -0.191. The highest BCUT2D eigenvalue weighted by atomic mass is 79.9. The van der Waals surface area contributed by atoms with Crippen molar-refractivity contribution in [3.8, 4) is 0 Å². The molecule has 3 rings (SSSR count). The highest BCUT2D eigenvalue weighted by Gasteiger charge is 2.33. The van der Waals surface area contributed by atoms with Crippen molar-refractivity contribution in [2.75, 3.05) is 39.9 Å². The average Bonchev–Trinajstić information content (AvgIpc) is 3.25. The summed E-state index contributed by atoms with van der Waals surface area (Å²) < 4.78 is 12.0. The van der Waals surface area contributed by atoms with Gasteiger partial charge in [0.15, 0.2) is 6.29 Å². The molecule has 2 fully saturated rings. The SMILES string of the molecule is CN(CC(=O)N1CCC[C@@H](C2OCCO2)C1)C(=O)c1ccc(Br)s1. The smallest absolute Gasteiger partial charge is 0.264 e. The molecule has 1 aromatic heterocycles. The first-order chi connectivity index (χ1) is 11.5. The van der Waals surface area contributed by atoms with Crippen LogP contribution in [0.1, 0.15) is 22.5 Å². The van der Waals surface area contributed by atoms with E-state index in [-0.39, 0.29) is 30.6 Å². The van der Waals surface area contributed by atoms with Gasteiger partial charge in [-0.25, -0.2) is 0 Å². The summed E-state index contributed by atoms with van der Waals surface area (Å²) in [6.45, 7) is 2.71. The molecule has 0 saturated carbocycles. The normalized spacial score (nSPS) is 21.9. The van der Waals surface area contributed by atoms with Crippen molar-refractivity contribution in [1.82, 2.24) is 9.80 Å². The van der Waals surface area contributed by atoms with Gasteiger partial charge in [-0.1, -0.05) is 0 Å². The predicted molar refractivity (Wildman–Crippen MR) is 94.0 cm³/mol.